The Balaban J connectivity index is 1.13. The lowest BCUT2D eigenvalue weighted by Gasteiger charge is -2.32. The lowest BCUT2D eigenvalue weighted by molar-refractivity contribution is 0.148. The maximum Gasteiger partial charge on any atom is 0.265 e. The Morgan fingerprint density at radius 3 is 2.47 bits per heavy atom. The van der Waals surface area contributed by atoms with Crippen LogP contribution >= 0.6 is 0 Å². The molecular weight excluding hydrogens is 558 g/mol. The normalized spacial score (nSPS) is 16.2. The van der Waals surface area contributed by atoms with Gasteiger partial charge in [-0.15, -0.1) is 0 Å². The van der Waals surface area contributed by atoms with Gasteiger partial charge >= 0.3 is 0 Å². The molecule has 3 aromatic heterocycles. The van der Waals surface area contributed by atoms with Gasteiger partial charge in [0.15, 0.2) is 0 Å². The number of likely N-dealkylation sites (N-methyl/N-ethyl adjacent to an activating group) is 1. The molecule has 8 heteroatoms. The van der Waals surface area contributed by atoms with Crippen molar-refractivity contribution in [3.63, 3.8) is 0 Å². The van der Waals surface area contributed by atoms with Crippen molar-refractivity contribution in [2.45, 2.75) is 39.2 Å². The molecule has 0 atom stereocenters. The summed E-state index contributed by atoms with van der Waals surface area (Å²) in [6.45, 7) is 9.39. The molecule has 226 valence electrons. The molecule has 45 heavy (non-hydrogen) atoms. The van der Waals surface area contributed by atoms with Crippen molar-refractivity contribution in [2.75, 3.05) is 33.2 Å². The molecule has 2 aliphatic rings. The number of H-pyrrole nitrogens is 1. The Kier molecular flexibility index (Phi) is 6.84. The lowest BCUT2D eigenvalue weighted by Crippen LogP contribution is -2.43. The molecule has 0 amide bonds. The molecule has 0 unspecified atom stereocenters. The molecule has 1 aliphatic heterocycles. The number of aromatic nitrogens is 5. The number of hydrogen-bond donors (Lipinski definition) is 1. The van der Waals surface area contributed by atoms with Crippen LogP contribution in [0.15, 0.2) is 77.9 Å². The van der Waals surface area contributed by atoms with E-state index in [0.717, 1.165) is 83.0 Å². The Bertz CT molecular complexity index is 2120. The average molecular weight is 596 g/mol. The molecule has 0 spiro atoms. The molecule has 0 bridgehead atoms. The van der Waals surface area contributed by atoms with E-state index < -0.39 is 0 Å². The number of hydrogen-bond acceptors (Lipinski definition) is 6. The minimum Gasteiger partial charge on any atom is -0.339 e. The lowest BCUT2D eigenvalue weighted by atomic mass is 10.0. The number of benzene rings is 3. The Labute approximate surface area is 262 Å². The van der Waals surface area contributed by atoms with Crippen molar-refractivity contribution >= 4 is 21.9 Å². The minimum atomic E-state index is -0.0482. The monoisotopic (exact) mass is 595 g/mol. The standard InChI is InChI=1S/C37H37N7O/c1-23-29(5-4-6-34(23)44-24(2)40-33-19-28(26-11-12-26)13-14-30(33)37(44)45)35-31-20-32(41-36(31)39-22-38-35)27-9-7-25(8-10-27)21-43-17-15-42(3)16-18-43/h4-10,13-14,19-20,22,26H,11-12,15-18,21H2,1-3H3,(H,38,39,41). The van der Waals surface area contributed by atoms with Gasteiger partial charge in [0.25, 0.3) is 5.56 Å². The molecule has 3 aromatic carbocycles. The number of fused-ring (bicyclic) bond motifs is 2. The second-order valence-corrected chi connectivity index (χ2v) is 12.7. The van der Waals surface area contributed by atoms with E-state index in [0.29, 0.717) is 17.1 Å². The Morgan fingerprint density at radius 2 is 1.69 bits per heavy atom. The van der Waals surface area contributed by atoms with Crippen LogP contribution in [0.4, 0.5) is 0 Å². The van der Waals surface area contributed by atoms with Gasteiger partial charge in [-0.1, -0.05) is 42.5 Å². The average Bonchev–Trinajstić information content (AvgIpc) is 3.81. The second kappa shape index (κ2) is 11.1. The molecule has 2 fully saturated rings. The number of rotatable bonds is 6. The highest BCUT2D eigenvalue weighted by Gasteiger charge is 2.24. The van der Waals surface area contributed by atoms with E-state index in [1.807, 2.05) is 25.1 Å². The molecule has 8 nitrogen and oxygen atoms in total. The van der Waals surface area contributed by atoms with Gasteiger partial charge < -0.3 is 9.88 Å². The quantitative estimate of drug-likeness (QED) is 0.246. The van der Waals surface area contributed by atoms with E-state index in [9.17, 15) is 4.79 Å². The van der Waals surface area contributed by atoms with Gasteiger partial charge in [0.2, 0.25) is 0 Å². The van der Waals surface area contributed by atoms with Crippen LogP contribution in [0.2, 0.25) is 0 Å². The number of aryl methyl sites for hydroxylation is 1. The number of nitrogens with one attached hydrogen (secondary N) is 1. The van der Waals surface area contributed by atoms with Gasteiger partial charge in [-0.05, 0) is 86.2 Å². The molecule has 1 aliphatic carbocycles. The summed E-state index contributed by atoms with van der Waals surface area (Å²) in [6, 6.07) is 23.1. The highest BCUT2D eigenvalue weighted by molar-refractivity contribution is 5.95. The molecule has 8 rings (SSSR count). The fourth-order valence-electron chi connectivity index (χ4n) is 6.75. The summed E-state index contributed by atoms with van der Waals surface area (Å²) in [7, 11) is 2.19. The summed E-state index contributed by atoms with van der Waals surface area (Å²) < 4.78 is 1.74. The van der Waals surface area contributed by atoms with Crippen LogP contribution < -0.4 is 5.56 Å². The predicted octanol–water partition coefficient (Wildman–Crippen LogP) is 6.23. The first-order chi connectivity index (χ1) is 21.9. The SMILES string of the molecule is Cc1c(-c2ncnc3[nH]c(-c4ccc(CN5CCN(C)CC5)cc4)cc23)cccc1-n1c(C)nc2cc(C3CC3)ccc2c1=O. The van der Waals surface area contributed by atoms with Crippen LogP contribution in [-0.2, 0) is 6.54 Å². The first-order valence-corrected chi connectivity index (χ1v) is 15.9. The summed E-state index contributed by atoms with van der Waals surface area (Å²) in [5.74, 6) is 1.29. The van der Waals surface area contributed by atoms with E-state index in [-0.39, 0.29) is 5.56 Å². The van der Waals surface area contributed by atoms with Crippen molar-refractivity contribution in [2.24, 2.45) is 0 Å². The minimum absolute atomic E-state index is 0.0482. The number of piperazine rings is 1. The molecular formula is C37H37N7O. The number of aromatic amines is 1. The number of nitrogens with zero attached hydrogens (tertiary/aromatic N) is 6. The van der Waals surface area contributed by atoms with E-state index in [1.54, 1.807) is 10.9 Å². The molecule has 0 radical (unpaired) electrons. The topological polar surface area (TPSA) is 82.9 Å². The van der Waals surface area contributed by atoms with Gasteiger partial charge in [0.1, 0.15) is 17.8 Å². The largest absolute Gasteiger partial charge is 0.339 e. The summed E-state index contributed by atoms with van der Waals surface area (Å²) in [4.78, 5) is 36.5. The van der Waals surface area contributed by atoms with Crippen LogP contribution in [0.25, 0.3) is 50.1 Å². The zero-order chi connectivity index (χ0) is 30.7. The Hall–Kier alpha value is -4.66. The summed E-state index contributed by atoms with van der Waals surface area (Å²) in [5, 5.41) is 1.59. The molecule has 1 saturated carbocycles. The van der Waals surface area contributed by atoms with Crippen molar-refractivity contribution in [3.05, 3.63) is 106 Å². The predicted molar refractivity (Wildman–Crippen MR) is 180 cm³/mol. The van der Waals surface area contributed by atoms with Crippen LogP contribution in [0.3, 0.4) is 0 Å². The molecule has 1 N–H and O–H groups in total. The highest BCUT2D eigenvalue weighted by atomic mass is 16.1. The third-order valence-corrected chi connectivity index (χ3v) is 9.60. The summed E-state index contributed by atoms with van der Waals surface area (Å²) in [6.07, 6.45) is 4.04. The summed E-state index contributed by atoms with van der Waals surface area (Å²) >= 11 is 0. The highest BCUT2D eigenvalue weighted by Crippen LogP contribution is 2.40. The van der Waals surface area contributed by atoms with Gasteiger partial charge in [-0.25, -0.2) is 15.0 Å². The smallest absolute Gasteiger partial charge is 0.265 e. The molecule has 1 saturated heterocycles. The van der Waals surface area contributed by atoms with Crippen molar-refractivity contribution in [1.82, 2.24) is 34.3 Å². The third kappa shape index (κ3) is 5.14. The van der Waals surface area contributed by atoms with E-state index >= 15 is 0 Å². The fourth-order valence-corrected chi connectivity index (χ4v) is 6.75. The van der Waals surface area contributed by atoms with E-state index in [4.69, 9.17) is 9.97 Å². The van der Waals surface area contributed by atoms with Crippen LogP contribution in [0.5, 0.6) is 0 Å². The molecule has 4 heterocycles. The molecule has 6 aromatic rings. The van der Waals surface area contributed by atoms with Crippen molar-refractivity contribution in [3.8, 4) is 28.2 Å². The maximum atomic E-state index is 13.9. The first kappa shape index (κ1) is 27.9. The van der Waals surface area contributed by atoms with Crippen molar-refractivity contribution in [1.29, 1.82) is 0 Å². The van der Waals surface area contributed by atoms with Gasteiger partial charge in [-0.3, -0.25) is 14.3 Å². The van der Waals surface area contributed by atoms with Crippen LogP contribution in [0, 0.1) is 13.8 Å². The van der Waals surface area contributed by atoms with E-state index in [2.05, 4.69) is 82.3 Å². The van der Waals surface area contributed by atoms with E-state index in [1.165, 1.54) is 24.0 Å². The van der Waals surface area contributed by atoms with Crippen molar-refractivity contribution < 1.29 is 0 Å². The van der Waals surface area contributed by atoms with Gasteiger partial charge in [-0.2, -0.15) is 0 Å². The zero-order valence-electron chi connectivity index (χ0n) is 26.0. The first-order valence-electron chi connectivity index (χ1n) is 15.9. The fraction of sp³-hybridized carbons (Fsp3) is 0.297. The maximum absolute atomic E-state index is 13.9. The second-order valence-electron chi connectivity index (χ2n) is 12.7. The van der Waals surface area contributed by atoms with Crippen LogP contribution in [-0.4, -0.2) is 67.5 Å². The Morgan fingerprint density at radius 1 is 0.889 bits per heavy atom. The zero-order valence-corrected chi connectivity index (χ0v) is 26.0. The van der Waals surface area contributed by atoms with Crippen LogP contribution in [0.1, 0.15) is 41.3 Å². The third-order valence-electron chi connectivity index (χ3n) is 9.60. The summed E-state index contributed by atoms with van der Waals surface area (Å²) in [5.41, 5.74) is 9.81. The van der Waals surface area contributed by atoms with Gasteiger partial charge in [0, 0.05) is 49.4 Å². The van der Waals surface area contributed by atoms with Gasteiger partial charge in [0.05, 0.1) is 22.3 Å².